The van der Waals surface area contributed by atoms with E-state index in [1.165, 1.54) is 11.6 Å². The molecule has 0 unspecified atom stereocenters. The van der Waals surface area contributed by atoms with Gasteiger partial charge in [-0.05, 0) is 23.3 Å². The van der Waals surface area contributed by atoms with Crippen molar-refractivity contribution in [2.45, 2.75) is 12.4 Å². The summed E-state index contributed by atoms with van der Waals surface area (Å²) in [7, 11) is 1.59. The van der Waals surface area contributed by atoms with Crippen LogP contribution >= 0.6 is 11.8 Å². The minimum Gasteiger partial charge on any atom is -0.380 e. The summed E-state index contributed by atoms with van der Waals surface area (Å²) in [5.74, 6) is 1.09. The van der Waals surface area contributed by atoms with E-state index >= 15 is 0 Å². The number of carbonyl (C=O) groups is 1. The minimum atomic E-state index is -0.188. The van der Waals surface area contributed by atoms with Crippen LogP contribution in [0.25, 0.3) is 10.9 Å². The van der Waals surface area contributed by atoms with Crippen LogP contribution in [0, 0.1) is 0 Å². The molecule has 0 radical (unpaired) electrons. The highest BCUT2D eigenvalue weighted by Crippen LogP contribution is 2.21. The molecule has 2 aromatic carbocycles. The lowest BCUT2D eigenvalue weighted by atomic mass is 10.1. The van der Waals surface area contributed by atoms with Crippen molar-refractivity contribution in [3.8, 4) is 0 Å². The number of methoxy groups -OCH3 is 1. The van der Waals surface area contributed by atoms with Crippen molar-refractivity contribution in [2.75, 3.05) is 18.2 Å². The van der Waals surface area contributed by atoms with Gasteiger partial charge in [0.05, 0.1) is 17.9 Å². The van der Waals surface area contributed by atoms with E-state index in [2.05, 4.69) is 10.3 Å². The number of pyridine rings is 1. The summed E-state index contributed by atoms with van der Waals surface area (Å²) < 4.78 is 5.14. The molecule has 0 saturated heterocycles. The van der Waals surface area contributed by atoms with Crippen molar-refractivity contribution in [2.24, 2.45) is 0 Å². The molecule has 1 amide bonds. The summed E-state index contributed by atoms with van der Waals surface area (Å²) in [6, 6.07) is 17.1. The monoisotopic (exact) mass is 368 g/mol. The van der Waals surface area contributed by atoms with E-state index in [-0.39, 0.29) is 11.5 Å². The quantitative estimate of drug-likeness (QED) is 0.669. The third-order valence-electron chi connectivity index (χ3n) is 3.86. The molecule has 0 spiro atoms. The molecule has 5 nitrogen and oxygen atoms in total. The fourth-order valence-corrected chi connectivity index (χ4v) is 3.51. The average Bonchev–Trinajstić information content (AvgIpc) is 2.62. The van der Waals surface area contributed by atoms with Crippen LogP contribution in [0.4, 0.5) is 5.69 Å². The largest absolute Gasteiger partial charge is 0.380 e. The zero-order chi connectivity index (χ0) is 18.4. The number of H-pyrrole nitrogens is 1. The Morgan fingerprint density at radius 3 is 2.73 bits per heavy atom. The minimum absolute atomic E-state index is 0.0688. The van der Waals surface area contributed by atoms with Gasteiger partial charge in [0.25, 0.3) is 0 Å². The number of rotatable bonds is 7. The molecule has 0 atom stereocenters. The highest BCUT2D eigenvalue weighted by atomic mass is 32.2. The summed E-state index contributed by atoms with van der Waals surface area (Å²) >= 11 is 1.56. The maximum absolute atomic E-state index is 12.2. The van der Waals surface area contributed by atoms with Gasteiger partial charge in [-0.25, -0.2) is 0 Å². The molecule has 0 saturated carbocycles. The number of hydrogen-bond donors (Lipinski definition) is 2. The predicted molar refractivity (Wildman–Crippen MR) is 107 cm³/mol. The lowest BCUT2D eigenvalue weighted by molar-refractivity contribution is -0.113. The molecule has 134 valence electrons. The molecule has 3 rings (SSSR count). The number of aromatic amines is 1. The Morgan fingerprint density at radius 1 is 1.15 bits per heavy atom. The summed E-state index contributed by atoms with van der Waals surface area (Å²) in [5.41, 5.74) is 3.17. The first kappa shape index (κ1) is 18.2. The van der Waals surface area contributed by atoms with E-state index in [0.29, 0.717) is 23.6 Å². The molecular formula is C20H20N2O3S. The van der Waals surface area contributed by atoms with E-state index in [1.807, 2.05) is 42.5 Å². The van der Waals surface area contributed by atoms with Gasteiger partial charge >= 0.3 is 0 Å². The van der Waals surface area contributed by atoms with Gasteiger partial charge < -0.3 is 15.0 Å². The van der Waals surface area contributed by atoms with Gasteiger partial charge in [-0.3, -0.25) is 9.59 Å². The van der Waals surface area contributed by atoms with Gasteiger partial charge in [-0.2, -0.15) is 0 Å². The Balaban J connectivity index is 1.65. The number of aromatic nitrogens is 1. The number of ether oxygens (including phenoxy) is 1. The summed E-state index contributed by atoms with van der Waals surface area (Å²) in [4.78, 5) is 26.7. The van der Waals surface area contributed by atoms with Gasteiger partial charge in [0.1, 0.15) is 0 Å². The number of nitrogens with one attached hydrogen (secondary N) is 2. The van der Waals surface area contributed by atoms with Crippen LogP contribution < -0.4 is 10.9 Å². The molecule has 0 aliphatic heterocycles. The van der Waals surface area contributed by atoms with E-state index in [0.717, 1.165) is 16.7 Å². The van der Waals surface area contributed by atoms with Crippen LogP contribution in [0.2, 0.25) is 0 Å². The standard InChI is InChI=1S/C20H20N2O3S/c1-25-11-15-9-19(23)22-18-10-16(7-8-17(15)18)21-20(24)13-26-12-14-5-3-2-4-6-14/h2-10H,11-13H2,1H3,(H,21,24)(H,22,23). The second-order valence-corrected chi connectivity index (χ2v) is 6.86. The van der Waals surface area contributed by atoms with Crippen LogP contribution in [-0.4, -0.2) is 23.8 Å². The Bertz CT molecular complexity index is 954. The molecule has 26 heavy (non-hydrogen) atoms. The number of benzene rings is 2. The van der Waals surface area contributed by atoms with Crippen molar-refractivity contribution in [1.29, 1.82) is 0 Å². The zero-order valence-electron chi connectivity index (χ0n) is 14.5. The van der Waals surface area contributed by atoms with Crippen molar-refractivity contribution in [1.82, 2.24) is 4.98 Å². The van der Waals surface area contributed by atoms with Crippen molar-refractivity contribution < 1.29 is 9.53 Å². The normalized spacial score (nSPS) is 10.8. The van der Waals surface area contributed by atoms with E-state index in [1.54, 1.807) is 24.9 Å². The first-order chi connectivity index (χ1) is 12.7. The number of carbonyl (C=O) groups excluding carboxylic acids is 1. The smallest absolute Gasteiger partial charge is 0.248 e. The Labute approximate surface area is 155 Å². The molecule has 1 aromatic heterocycles. The lowest BCUT2D eigenvalue weighted by Gasteiger charge is -2.09. The maximum atomic E-state index is 12.2. The maximum Gasteiger partial charge on any atom is 0.248 e. The van der Waals surface area contributed by atoms with Gasteiger partial charge in [-0.15, -0.1) is 11.8 Å². The van der Waals surface area contributed by atoms with Gasteiger partial charge in [0.2, 0.25) is 11.5 Å². The second-order valence-electron chi connectivity index (χ2n) is 5.88. The third-order valence-corrected chi connectivity index (χ3v) is 4.86. The number of hydrogen-bond acceptors (Lipinski definition) is 4. The Kier molecular flexibility index (Phi) is 6.09. The fraction of sp³-hybridized carbons (Fsp3) is 0.200. The van der Waals surface area contributed by atoms with Gasteiger partial charge in [-0.1, -0.05) is 36.4 Å². The van der Waals surface area contributed by atoms with Crippen LogP contribution in [-0.2, 0) is 21.9 Å². The molecule has 2 N–H and O–H groups in total. The molecule has 3 aromatic rings. The molecular weight excluding hydrogens is 348 g/mol. The van der Waals surface area contributed by atoms with Gasteiger partial charge in [0, 0.05) is 30.0 Å². The topological polar surface area (TPSA) is 71.2 Å². The van der Waals surface area contributed by atoms with Crippen LogP contribution in [0.1, 0.15) is 11.1 Å². The molecule has 0 fully saturated rings. The second kappa shape index (κ2) is 8.69. The highest BCUT2D eigenvalue weighted by Gasteiger charge is 2.07. The Morgan fingerprint density at radius 2 is 1.96 bits per heavy atom. The first-order valence-electron chi connectivity index (χ1n) is 8.22. The number of amides is 1. The SMILES string of the molecule is COCc1cc(=O)[nH]c2cc(NC(=O)CSCc3ccccc3)ccc12. The highest BCUT2D eigenvalue weighted by molar-refractivity contribution is 7.99. The molecule has 1 heterocycles. The van der Waals surface area contributed by atoms with Crippen LogP contribution in [0.15, 0.2) is 59.4 Å². The zero-order valence-corrected chi connectivity index (χ0v) is 15.3. The molecule has 0 aliphatic rings. The van der Waals surface area contributed by atoms with Crippen LogP contribution in [0.5, 0.6) is 0 Å². The summed E-state index contributed by atoms with van der Waals surface area (Å²) in [6.07, 6.45) is 0. The fourth-order valence-electron chi connectivity index (χ4n) is 2.72. The van der Waals surface area contributed by atoms with E-state index < -0.39 is 0 Å². The molecule has 0 bridgehead atoms. The predicted octanol–water partition coefficient (Wildman–Crippen LogP) is 3.55. The van der Waals surface area contributed by atoms with Gasteiger partial charge in [0.15, 0.2) is 0 Å². The van der Waals surface area contributed by atoms with Crippen molar-refractivity contribution in [3.05, 3.63) is 76.1 Å². The number of thioether (sulfide) groups is 1. The summed E-state index contributed by atoms with van der Waals surface area (Å²) in [5, 5.41) is 3.78. The first-order valence-corrected chi connectivity index (χ1v) is 9.37. The number of fused-ring (bicyclic) bond motifs is 1. The Hall–Kier alpha value is -2.57. The van der Waals surface area contributed by atoms with Crippen molar-refractivity contribution in [3.63, 3.8) is 0 Å². The van der Waals surface area contributed by atoms with Crippen LogP contribution in [0.3, 0.4) is 0 Å². The number of anilines is 1. The molecule has 0 aliphatic carbocycles. The summed E-state index contributed by atoms with van der Waals surface area (Å²) in [6.45, 7) is 0.363. The lowest BCUT2D eigenvalue weighted by Crippen LogP contribution is -2.14. The van der Waals surface area contributed by atoms with E-state index in [4.69, 9.17) is 4.74 Å². The van der Waals surface area contributed by atoms with Crippen molar-refractivity contribution >= 4 is 34.3 Å². The average molecular weight is 368 g/mol. The third kappa shape index (κ3) is 4.74. The van der Waals surface area contributed by atoms with E-state index in [9.17, 15) is 9.59 Å². The molecule has 6 heteroatoms.